The molecule has 4 nitrogen and oxygen atoms in total. The number of rotatable bonds is 4. The predicted molar refractivity (Wildman–Crippen MR) is 81.9 cm³/mol. The van der Waals surface area contributed by atoms with Gasteiger partial charge in [-0.05, 0) is 37.3 Å². The van der Waals surface area contributed by atoms with Crippen LogP contribution >= 0.6 is 11.8 Å². The minimum atomic E-state index is -3.41. The molecule has 0 spiro atoms. The average molecular weight is 309 g/mol. The minimum absolute atomic E-state index is 0.0938. The van der Waals surface area contributed by atoms with Crippen molar-refractivity contribution >= 4 is 27.5 Å². The molecule has 0 atom stereocenters. The molecule has 0 amide bonds. The second-order valence-electron chi connectivity index (χ2n) is 4.47. The van der Waals surface area contributed by atoms with E-state index < -0.39 is 10.0 Å². The smallest absolute Gasteiger partial charge is 0.229 e. The quantitative estimate of drug-likeness (QED) is 0.851. The molecule has 0 saturated heterocycles. The molecule has 2 aromatic carbocycles. The molecular formula is C14H15NO3S2. The Kier molecular flexibility index (Phi) is 4.25. The standard InChI is InChI=1S/C14H15NO3S2/c1-10-3-5-11(6-4-10)19-12-7-8-14(16)13(9-12)15-20(2,17)18/h3-9,15-16H,1-2H3. The molecule has 0 aliphatic carbocycles. The second-order valence-corrected chi connectivity index (χ2v) is 7.36. The molecule has 0 aliphatic heterocycles. The van der Waals surface area contributed by atoms with E-state index in [-0.39, 0.29) is 11.4 Å². The average Bonchev–Trinajstić information content (AvgIpc) is 2.34. The molecule has 0 fully saturated rings. The number of aromatic hydroxyl groups is 1. The van der Waals surface area contributed by atoms with Gasteiger partial charge in [0.1, 0.15) is 5.75 Å². The number of phenolic OH excluding ortho intramolecular Hbond substituents is 1. The number of hydrogen-bond acceptors (Lipinski definition) is 4. The Morgan fingerprint density at radius 3 is 2.25 bits per heavy atom. The van der Waals surface area contributed by atoms with E-state index >= 15 is 0 Å². The molecule has 0 radical (unpaired) electrons. The Morgan fingerprint density at radius 2 is 1.65 bits per heavy atom. The first-order valence-corrected chi connectivity index (χ1v) is 8.59. The van der Waals surface area contributed by atoms with Crippen molar-refractivity contribution in [3.8, 4) is 5.75 Å². The molecule has 0 aliphatic rings. The molecule has 0 unspecified atom stereocenters. The van der Waals surface area contributed by atoms with Crippen molar-refractivity contribution in [2.75, 3.05) is 11.0 Å². The van der Waals surface area contributed by atoms with Crippen molar-refractivity contribution in [3.05, 3.63) is 48.0 Å². The Balaban J connectivity index is 2.25. The summed E-state index contributed by atoms with van der Waals surface area (Å²) >= 11 is 1.50. The van der Waals surface area contributed by atoms with Crippen LogP contribution < -0.4 is 4.72 Å². The van der Waals surface area contributed by atoms with Crippen molar-refractivity contribution in [2.24, 2.45) is 0 Å². The lowest BCUT2D eigenvalue weighted by Gasteiger charge is -2.09. The summed E-state index contributed by atoms with van der Waals surface area (Å²) < 4.78 is 24.8. The monoisotopic (exact) mass is 309 g/mol. The summed E-state index contributed by atoms with van der Waals surface area (Å²) in [5.41, 5.74) is 1.36. The first kappa shape index (κ1) is 14.7. The Hall–Kier alpha value is -1.66. The van der Waals surface area contributed by atoms with Gasteiger partial charge in [-0.25, -0.2) is 8.42 Å². The van der Waals surface area contributed by atoms with Gasteiger partial charge in [-0.1, -0.05) is 29.5 Å². The molecule has 2 aromatic rings. The summed E-state index contributed by atoms with van der Waals surface area (Å²) in [4.78, 5) is 1.89. The molecule has 2 N–H and O–H groups in total. The van der Waals surface area contributed by atoms with Gasteiger partial charge in [0.15, 0.2) is 0 Å². The highest BCUT2D eigenvalue weighted by atomic mass is 32.2. The maximum Gasteiger partial charge on any atom is 0.229 e. The molecule has 0 saturated carbocycles. The highest BCUT2D eigenvalue weighted by Crippen LogP contribution is 2.33. The summed E-state index contributed by atoms with van der Waals surface area (Å²) in [6.07, 6.45) is 1.05. The van der Waals surface area contributed by atoms with Gasteiger partial charge >= 0.3 is 0 Å². The first-order valence-electron chi connectivity index (χ1n) is 5.89. The number of anilines is 1. The second kappa shape index (κ2) is 5.76. The van der Waals surface area contributed by atoms with Gasteiger partial charge in [0.05, 0.1) is 11.9 Å². The van der Waals surface area contributed by atoms with Crippen LogP contribution in [-0.4, -0.2) is 19.8 Å². The van der Waals surface area contributed by atoms with Gasteiger partial charge < -0.3 is 5.11 Å². The maximum absolute atomic E-state index is 11.2. The predicted octanol–water partition coefficient (Wildman–Crippen LogP) is 3.22. The van der Waals surface area contributed by atoms with E-state index in [0.29, 0.717) is 0 Å². The van der Waals surface area contributed by atoms with Crippen LogP contribution in [-0.2, 0) is 10.0 Å². The van der Waals surface area contributed by atoms with Crippen LogP contribution in [0, 0.1) is 6.92 Å². The zero-order valence-electron chi connectivity index (χ0n) is 11.1. The van der Waals surface area contributed by atoms with E-state index in [4.69, 9.17) is 0 Å². The normalized spacial score (nSPS) is 11.3. The lowest BCUT2D eigenvalue weighted by Crippen LogP contribution is -2.09. The van der Waals surface area contributed by atoms with Crippen molar-refractivity contribution in [2.45, 2.75) is 16.7 Å². The molecule has 0 bridgehead atoms. The first-order chi connectivity index (χ1) is 9.33. The topological polar surface area (TPSA) is 66.4 Å². The van der Waals surface area contributed by atoms with Gasteiger partial charge in [0.2, 0.25) is 10.0 Å². The highest BCUT2D eigenvalue weighted by Gasteiger charge is 2.08. The fourth-order valence-electron chi connectivity index (χ4n) is 1.60. The van der Waals surface area contributed by atoms with Gasteiger partial charge in [0.25, 0.3) is 0 Å². The molecule has 0 heterocycles. The van der Waals surface area contributed by atoms with Crippen LogP contribution in [0.25, 0.3) is 0 Å². The Labute approximate surface area is 122 Å². The molecule has 0 aromatic heterocycles. The number of sulfonamides is 1. The third-order valence-corrected chi connectivity index (χ3v) is 4.11. The number of hydrogen-bond donors (Lipinski definition) is 2. The zero-order chi connectivity index (χ0) is 14.8. The van der Waals surface area contributed by atoms with Gasteiger partial charge in [0, 0.05) is 9.79 Å². The van der Waals surface area contributed by atoms with Crippen LogP contribution in [0.4, 0.5) is 5.69 Å². The van der Waals surface area contributed by atoms with E-state index in [2.05, 4.69) is 4.72 Å². The largest absolute Gasteiger partial charge is 0.506 e. The Bertz CT molecular complexity index is 710. The van der Waals surface area contributed by atoms with Crippen molar-refractivity contribution in [3.63, 3.8) is 0 Å². The SMILES string of the molecule is Cc1ccc(Sc2ccc(O)c(NS(C)(=O)=O)c2)cc1. The molecular weight excluding hydrogens is 294 g/mol. The lowest BCUT2D eigenvalue weighted by atomic mass is 10.2. The molecule has 20 heavy (non-hydrogen) atoms. The number of aryl methyl sites for hydroxylation is 1. The van der Waals surface area contributed by atoms with Crippen molar-refractivity contribution in [1.29, 1.82) is 0 Å². The number of phenols is 1. The summed E-state index contributed by atoms with van der Waals surface area (Å²) in [6, 6.07) is 12.8. The number of nitrogens with one attached hydrogen (secondary N) is 1. The van der Waals surface area contributed by atoms with E-state index in [9.17, 15) is 13.5 Å². The van der Waals surface area contributed by atoms with Gasteiger partial charge in [-0.2, -0.15) is 0 Å². The van der Waals surface area contributed by atoms with Crippen LogP contribution in [0.2, 0.25) is 0 Å². The minimum Gasteiger partial charge on any atom is -0.506 e. The summed E-state index contributed by atoms with van der Waals surface area (Å²) in [7, 11) is -3.41. The Morgan fingerprint density at radius 1 is 1.05 bits per heavy atom. The fraction of sp³-hybridized carbons (Fsp3) is 0.143. The fourth-order valence-corrected chi connectivity index (χ4v) is 3.02. The van der Waals surface area contributed by atoms with Crippen molar-refractivity contribution in [1.82, 2.24) is 0 Å². The van der Waals surface area contributed by atoms with E-state index in [0.717, 1.165) is 16.0 Å². The van der Waals surface area contributed by atoms with E-state index in [1.54, 1.807) is 12.1 Å². The van der Waals surface area contributed by atoms with Crippen LogP contribution in [0.15, 0.2) is 52.3 Å². The molecule has 6 heteroatoms. The van der Waals surface area contributed by atoms with Crippen LogP contribution in [0.5, 0.6) is 5.75 Å². The zero-order valence-corrected chi connectivity index (χ0v) is 12.8. The van der Waals surface area contributed by atoms with Gasteiger partial charge in [-0.3, -0.25) is 4.72 Å². The van der Waals surface area contributed by atoms with Crippen molar-refractivity contribution < 1.29 is 13.5 Å². The van der Waals surface area contributed by atoms with Crippen LogP contribution in [0.3, 0.4) is 0 Å². The van der Waals surface area contributed by atoms with E-state index in [1.807, 2.05) is 31.2 Å². The van der Waals surface area contributed by atoms with Gasteiger partial charge in [-0.15, -0.1) is 0 Å². The third-order valence-electron chi connectivity index (χ3n) is 2.52. The number of benzene rings is 2. The van der Waals surface area contributed by atoms with Crippen LogP contribution in [0.1, 0.15) is 5.56 Å². The third kappa shape index (κ3) is 4.18. The van der Waals surface area contributed by atoms with E-state index in [1.165, 1.54) is 23.4 Å². The molecule has 106 valence electrons. The highest BCUT2D eigenvalue weighted by molar-refractivity contribution is 7.99. The molecule has 2 rings (SSSR count). The summed E-state index contributed by atoms with van der Waals surface area (Å²) in [5.74, 6) is -0.0938. The lowest BCUT2D eigenvalue weighted by molar-refractivity contribution is 0.477. The summed E-state index contributed by atoms with van der Waals surface area (Å²) in [6.45, 7) is 2.02. The maximum atomic E-state index is 11.2. The summed E-state index contributed by atoms with van der Waals surface area (Å²) in [5, 5.41) is 9.66.